The average Bonchev–Trinajstić information content (AvgIpc) is 2.50. The van der Waals surface area contributed by atoms with Crippen molar-refractivity contribution < 1.29 is 5.11 Å². The molecule has 0 radical (unpaired) electrons. The summed E-state index contributed by atoms with van der Waals surface area (Å²) < 4.78 is 0. The normalized spacial score (nSPS) is 20.4. The monoisotopic (exact) mass is 214 g/mol. The van der Waals surface area contributed by atoms with Gasteiger partial charge in [-0.2, -0.15) is 0 Å². The maximum Gasteiger partial charge on any atom is 0.0774 e. The van der Waals surface area contributed by atoms with Gasteiger partial charge in [0.2, 0.25) is 0 Å². The van der Waals surface area contributed by atoms with E-state index >= 15 is 0 Å². The van der Waals surface area contributed by atoms with Gasteiger partial charge >= 0.3 is 0 Å². The minimum Gasteiger partial charge on any atom is -0.389 e. The van der Waals surface area contributed by atoms with E-state index in [4.69, 9.17) is 0 Å². The van der Waals surface area contributed by atoms with E-state index in [2.05, 4.69) is 31.1 Å². The van der Waals surface area contributed by atoms with Crippen molar-refractivity contribution in [1.29, 1.82) is 0 Å². The highest BCUT2D eigenvalue weighted by Crippen LogP contribution is 2.29. The van der Waals surface area contributed by atoms with Crippen LogP contribution in [0.25, 0.3) is 0 Å². The minimum absolute atomic E-state index is 0.396. The van der Waals surface area contributed by atoms with Gasteiger partial charge in [0.25, 0.3) is 0 Å². The summed E-state index contributed by atoms with van der Waals surface area (Å²) in [6, 6.07) is 0.549. The van der Waals surface area contributed by atoms with Gasteiger partial charge in [-0.25, -0.2) is 0 Å². The second kappa shape index (κ2) is 5.83. The topological polar surface area (TPSA) is 35.5 Å². The number of hydrogen-bond acceptors (Lipinski definition) is 3. The van der Waals surface area contributed by atoms with Crippen LogP contribution < -0.4 is 5.32 Å². The summed E-state index contributed by atoms with van der Waals surface area (Å²) in [7, 11) is 2.10. The van der Waals surface area contributed by atoms with Gasteiger partial charge in [-0.05, 0) is 19.9 Å². The smallest absolute Gasteiger partial charge is 0.0774 e. The number of likely N-dealkylation sites (N-methyl/N-ethyl adjacent to an activating group) is 1. The molecule has 0 aliphatic heterocycles. The lowest BCUT2D eigenvalue weighted by atomic mass is 10.0. The van der Waals surface area contributed by atoms with Crippen LogP contribution in [0, 0.1) is 0 Å². The van der Waals surface area contributed by atoms with Crippen LogP contribution in [0.2, 0.25) is 0 Å². The van der Waals surface area contributed by atoms with Gasteiger partial charge in [-0.1, -0.05) is 26.7 Å². The molecule has 0 atom stereocenters. The fourth-order valence-electron chi connectivity index (χ4n) is 2.32. The quantitative estimate of drug-likeness (QED) is 0.698. The minimum atomic E-state index is -0.396. The molecule has 0 aromatic rings. The van der Waals surface area contributed by atoms with Crippen molar-refractivity contribution in [2.75, 3.05) is 26.7 Å². The third-order valence-electron chi connectivity index (χ3n) is 3.14. The Labute approximate surface area is 93.9 Å². The molecule has 1 saturated carbocycles. The molecule has 1 aliphatic rings. The lowest BCUT2D eigenvalue weighted by molar-refractivity contribution is 0.0167. The van der Waals surface area contributed by atoms with Gasteiger partial charge < -0.3 is 15.3 Å². The van der Waals surface area contributed by atoms with Gasteiger partial charge in [0, 0.05) is 25.7 Å². The van der Waals surface area contributed by atoms with Crippen molar-refractivity contribution in [3.63, 3.8) is 0 Å². The molecule has 0 bridgehead atoms. The highest BCUT2D eigenvalue weighted by Gasteiger charge is 2.31. The van der Waals surface area contributed by atoms with E-state index in [1.807, 2.05) is 0 Å². The summed E-state index contributed by atoms with van der Waals surface area (Å²) >= 11 is 0. The Morgan fingerprint density at radius 3 is 2.47 bits per heavy atom. The third kappa shape index (κ3) is 4.96. The summed E-state index contributed by atoms with van der Waals surface area (Å²) in [4.78, 5) is 2.24. The molecule has 2 N–H and O–H groups in total. The molecule has 3 heteroatoms. The molecule has 0 aromatic carbocycles. The van der Waals surface area contributed by atoms with Crippen molar-refractivity contribution >= 4 is 0 Å². The van der Waals surface area contributed by atoms with Crippen LogP contribution in [0.15, 0.2) is 0 Å². The average molecular weight is 214 g/mol. The highest BCUT2D eigenvalue weighted by atomic mass is 16.3. The Bertz CT molecular complexity index is 176. The van der Waals surface area contributed by atoms with Crippen molar-refractivity contribution in [1.82, 2.24) is 10.2 Å². The molecule has 15 heavy (non-hydrogen) atoms. The van der Waals surface area contributed by atoms with E-state index in [0.717, 1.165) is 32.5 Å². The fourth-order valence-corrected chi connectivity index (χ4v) is 2.32. The van der Waals surface area contributed by atoms with Crippen LogP contribution in [0.5, 0.6) is 0 Å². The maximum atomic E-state index is 10.2. The Balaban J connectivity index is 2.14. The van der Waals surface area contributed by atoms with Gasteiger partial charge in [-0.15, -0.1) is 0 Å². The Morgan fingerprint density at radius 1 is 1.33 bits per heavy atom. The van der Waals surface area contributed by atoms with E-state index in [0.29, 0.717) is 6.04 Å². The Morgan fingerprint density at radius 2 is 1.93 bits per heavy atom. The summed E-state index contributed by atoms with van der Waals surface area (Å²) in [6.45, 7) is 7.16. The molecule has 1 aliphatic carbocycles. The first-order valence-electron chi connectivity index (χ1n) is 6.16. The van der Waals surface area contributed by atoms with Crippen LogP contribution in [-0.4, -0.2) is 48.3 Å². The van der Waals surface area contributed by atoms with Gasteiger partial charge in [-0.3, -0.25) is 0 Å². The van der Waals surface area contributed by atoms with Gasteiger partial charge in [0.15, 0.2) is 0 Å². The zero-order valence-corrected chi connectivity index (χ0v) is 10.4. The maximum absolute atomic E-state index is 10.2. The van der Waals surface area contributed by atoms with E-state index < -0.39 is 5.60 Å². The number of hydrogen-bond donors (Lipinski definition) is 2. The number of nitrogens with one attached hydrogen (secondary N) is 1. The van der Waals surface area contributed by atoms with Crippen LogP contribution in [0.1, 0.15) is 39.5 Å². The largest absolute Gasteiger partial charge is 0.389 e. The number of aliphatic hydroxyl groups is 1. The predicted molar refractivity (Wildman–Crippen MR) is 64.1 cm³/mol. The van der Waals surface area contributed by atoms with E-state index in [1.165, 1.54) is 12.8 Å². The van der Waals surface area contributed by atoms with Crippen LogP contribution in [0.3, 0.4) is 0 Å². The van der Waals surface area contributed by atoms with Crippen LogP contribution >= 0.6 is 0 Å². The van der Waals surface area contributed by atoms with Crippen molar-refractivity contribution in [3.8, 4) is 0 Å². The SMILES string of the molecule is CC(C)NCCN(C)CC1(O)CCCC1. The lowest BCUT2D eigenvalue weighted by Gasteiger charge is -2.28. The van der Waals surface area contributed by atoms with Gasteiger partial charge in [0.05, 0.1) is 5.60 Å². The van der Waals surface area contributed by atoms with Crippen LogP contribution in [0.4, 0.5) is 0 Å². The molecule has 0 heterocycles. The summed E-state index contributed by atoms with van der Waals surface area (Å²) in [5.41, 5.74) is -0.396. The predicted octanol–water partition coefficient (Wildman–Crippen LogP) is 1.22. The second-order valence-corrected chi connectivity index (χ2v) is 5.28. The first-order chi connectivity index (χ1) is 7.02. The molecule has 0 aromatic heterocycles. The molecule has 0 spiro atoms. The van der Waals surface area contributed by atoms with Crippen LogP contribution in [-0.2, 0) is 0 Å². The van der Waals surface area contributed by atoms with Gasteiger partial charge in [0.1, 0.15) is 0 Å². The van der Waals surface area contributed by atoms with E-state index in [-0.39, 0.29) is 0 Å². The third-order valence-corrected chi connectivity index (χ3v) is 3.14. The highest BCUT2D eigenvalue weighted by molar-refractivity contribution is 4.86. The Hall–Kier alpha value is -0.120. The molecule has 0 amide bonds. The van der Waals surface area contributed by atoms with Crippen molar-refractivity contribution in [2.24, 2.45) is 0 Å². The molecule has 0 unspecified atom stereocenters. The molecular formula is C12H26N2O. The summed E-state index contributed by atoms with van der Waals surface area (Å²) in [5.74, 6) is 0. The standard InChI is InChI=1S/C12H26N2O/c1-11(2)13-8-9-14(3)10-12(15)6-4-5-7-12/h11,13,15H,4-10H2,1-3H3. The fraction of sp³-hybridized carbons (Fsp3) is 1.00. The zero-order valence-electron chi connectivity index (χ0n) is 10.4. The zero-order chi connectivity index (χ0) is 11.3. The Kier molecular flexibility index (Phi) is 5.03. The first-order valence-corrected chi connectivity index (χ1v) is 6.16. The summed E-state index contributed by atoms with van der Waals surface area (Å²) in [6.07, 6.45) is 4.34. The molecule has 1 rings (SSSR count). The number of rotatable bonds is 6. The van der Waals surface area contributed by atoms with Crippen molar-refractivity contribution in [3.05, 3.63) is 0 Å². The molecular weight excluding hydrogens is 188 g/mol. The molecule has 3 nitrogen and oxygen atoms in total. The molecule has 1 fully saturated rings. The summed E-state index contributed by atoms with van der Waals surface area (Å²) in [5, 5.41) is 13.6. The first kappa shape index (κ1) is 12.9. The second-order valence-electron chi connectivity index (χ2n) is 5.28. The van der Waals surface area contributed by atoms with Crippen molar-refractivity contribution in [2.45, 2.75) is 51.2 Å². The van der Waals surface area contributed by atoms with E-state index in [1.54, 1.807) is 0 Å². The lowest BCUT2D eigenvalue weighted by Crippen LogP contribution is -2.42. The van der Waals surface area contributed by atoms with E-state index in [9.17, 15) is 5.11 Å². The number of nitrogens with zero attached hydrogens (tertiary/aromatic N) is 1. The molecule has 0 saturated heterocycles. The molecule has 90 valence electrons.